The van der Waals surface area contributed by atoms with Gasteiger partial charge in [0, 0.05) is 0 Å². The summed E-state index contributed by atoms with van der Waals surface area (Å²) < 4.78 is 5.93. The van der Waals surface area contributed by atoms with Crippen LogP contribution in [0.3, 0.4) is 0 Å². The molecule has 0 heterocycles. The summed E-state index contributed by atoms with van der Waals surface area (Å²) in [5, 5.41) is 0. The van der Waals surface area contributed by atoms with Crippen molar-refractivity contribution < 1.29 is 4.74 Å². The zero-order valence-corrected chi connectivity index (χ0v) is 19.3. The van der Waals surface area contributed by atoms with E-state index < -0.39 is 0 Å². The maximum Gasteiger partial charge on any atom is 0.119 e. The molecule has 0 spiro atoms. The number of unbranched alkanes of at least 4 members (excludes halogenated alkanes) is 6. The molecule has 0 saturated carbocycles. The van der Waals surface area contributed by atoms with Gasteiger partial charge in [0.1, 0.15) is 5.75 Å². The van der Waals surface area contributed by atoms with E-state index in [1.54, 1.807) is 5.57 Å². The van der Waals surface area contributed by atoms with Crippen molar-refractivity contribution >= 4 is 0 Å². The molecule has 0 aromatic heterocycles. The molecule has 0 N–H and O–H groups in total. The Morgan fingerprint density at radius 2 is 1.59 bits per heavy atom. The first-order chi connectivity index (χ1) is 14.3. The molecule has 0 amide bonds. The zero-order chi connectivity index (χ0) is 20.6. The summed E-state index contributed by atoms with van der Waals surface area (Å²) >= 11 is 0. The molecule has 0 fully saturated rings. The van der Waals surface area contributed by atoms with Crippen molar-refractivity contribution in [3.8, 4) is 5.75 Å². The highest BCUT2D eigenvalue weighted by Gasteiger charge is 2.20. The van der Waals surface area contributed by atoms with Gasteiger partial charge in [-0.05, 0) is 62.5 Å². The smallest absolute Gasteiger partial charge is 0.119 e. The van der Waals surface area contributed by atoms with E-state index in [9.17, 15) is 0 Å². The highest BCUT2D eigenvalue weighted by Crippen LogP contribution is 2.35. The van der Waals surface area contributed by atoms with Gasteiger partial charge in [-0.3, -0.25) is 0 Å². The highest BCUT2D eigenvalue weighted by molar-refractivity contribution is 5.20. The number of ether oxygens (including phenoxy) is 1. The zero-order valence-electron chi connectivity index (χ0n) is 19.3. The Bertz CT molecular complexity index is 533. The third-order valence-corrected chi connectivity index (χ3v) is 6.66. The Morgan fingerprint density at radius 3 is 2.31 bits per heavy atom. The van der Waals surface area contributed by atoms with Gasteiger partial charge >= 0.3 is 0 Å². The van der Waals surface area contributed by atoms with Gasteiger partial charge in [0.2, 0.25) is 0 Å². The van der Waals surface area contributed by atoms with Gasteiger partial charge in [0.05, 0.1) is 6.61 Å². The molecule has 1 aliphatic rings. The second kappa shape index (κ2) is 15.6. The third-order valence-electron chi connectivity index (χ3n) is 6.66. The fourth-order valence-corrected chi connectivity index (χ4v) is 4.76. The molecule has 164 valence electrons. The predicted molar refractivity (Wildman–Crippen MR) is 128 cm³/mol. The first kappa shape index (κ1) is 24.0. The summed E-state index contributed by atoms with van der Waals surface area (Å²) in [6, 6.07) is 10.3. The van der Waals surface area contributed by atoms with Crippen LogP contribution in [0.5, 0.6) is 5.75 Å². The molecule has 0 radical (unpaired) electrons. The summed E-state index contributed by atoms with van der Waals surface area (Å²) in [6.45, 7) is 5.47. The molecule has 1 aromatic carbocycles. The summed E-state index contributed by atoms with van der Waals surface area (Å²) in [6.07, 6.45) is 23.3. The van der Waals surface area contributed by atoms with Crippen LogP contribution >= 0.6 is 0 Å². The Kier molecular flexibility index (Phi) is 12.9. The number of hydrogen-bond acceptors (Lipinski definition) is 1. The van der Waals surface area contributed by atoms with Crippen LogP contribution in [0.15, 0.2) is 42.0 Å². The minimum atomic E-state index is 0.796. The molecule has 2 unspecified atom stereocenters. The average molecular weight is 399 g/mol. The fraction of sp³-hybridized carbons (Fsp3) is 0.714. The largest absolute Gasteiger partial charge is 0.494 e. The number of hydrogen-bond donors (Lipinski definition) is 0. The van der Waals surface area contributed by atoms with Crippen molar-refractivity contribution in [3.63, 3.8) is 0 Å². The van der Waals surface area contributed by atoms with Crippen LogP contribution in [-0.4, -0.2) is 6.61 Å². The van der Waals surface area contributed by atoms with Gasteiger partial charge in [-0.15, -0.1) is 0 Å². The monoisotopic (exact) mass is 398 g/mol. The molecular formula is C28H46O. The van der Waals surface area contributed by atoms with Crippen LogP contribution in [0.1, 0.15) is 110 Å². The lowest BCUT2D eigenvalue weighted by molar-refractivity contribution is 0.291. The first-order valence-corrected chi connectivity index (χ1v) is 12.7. The van der Waals surface area contributed by atoms with E-state index in [1.165, 1.54) is 96.3 Å². The van der Waals surface area contributed by atoms with Crippen molar-refractivity contribution in [2.24, 2.45) is 11.8 Å². The summed E-state index contributed by atoms with van der Waals surface area (Å²) in [5.41, 5.74) is 1.78. The highest BCUT2D eigenvalue weighted by atomic mass is 16.5. The molecule has 0 aliphatic heterocycles. The molecule has 0 bridgehead atoms. The van der Waals surface area contributed by atoms with E-state index in [0.717, 1.165) is 24.2 Å². The van der Waals surface area contributed by atoms with Gasteiger partial charge < -0.3 is 4.74 Å². The van der Waals surface area contributed by atoms with Crippen molar-refractivity contribution in [1.82, 2.24) is 0 Å². The summed E-state index contributed by atoms with van der Waals surface area (Å²) in [7, 11) is 0. The maximum atomic E-state index is 5.93. The molecule has 2 rings (SSSR count). The number of allylic oxidation sites excluding steroid dienone is 2. The lowest BCUT2D eigenvalue weighted by Crippen LogP contribution is -2.13. The van der Waals surface area contributed by atoms with Gasteiger partial charge in [0.15, 0.2) is 0 Å². The Morgan fingerprint density at radius 1 is 0.862 bits per heavy atom. The van der Waals surface area contributed by atoms with Gasteiger partial charge in [-0.25, -0.2) is 0 Å². The first-order valence-electron chi connectivity index (χ1n) is 12.7. The SMILES string of the molecule is CCCCCCCCC1CC=C(C(CCCC)CCCOc2ccccc2)CC1. The maximum absolute atomic E-state index is 5.93. The Hall–Kier alpha value is -1.24. The van der Waals surface area contributed by atoms with Crippen LogP contribution in [-0.2, 0) is 0 Å². The molecule has 0 saturated heterocycles. The van der Waals surface area contributed by atoms with Crippen molar-refractivity contribution in [2.45, 2.75) is 110 Å². The predicted octanol–water partition coefficient (Wildman–Crippen LogP) is 9.13. The van der Waals surface area contributed by atoms with Crippen molar-refractivity contribution in [1.29, 1.82) is 0 Å². The molecule has 1 nitrogen and oxygen atoms in total. The average Bonchev–Trinajstić information content (AvgIpc) is 2.77. The number of para-hydroxylation sites is 1. The third kappa shape index (κ3) is 10.4. The van der Waals surface area contributed by atoms with Crippen molar-refractivity contribution in [3.05, 3.63) is 42.0 Å². The molecule has 2 atom stereocenters. The van der Waals surface area contributed by atoms with E-state index in [-0.39, 0.29) is 0 Å². The van der Waals surface area contributed by atoms with Crippen LogP contribution in [0.2, 0.25) is 0 Å². The van der Waals surface area contributed by atoms with Crippen LogP contribution in [0, 0.1) is 11.8 Å². The van der Waals surface area contributed by atoms with Gasteiger partial charge in [-0.2, -0.15) is 0 Å². The minimum Gasteiger partial charge on any atom is -0.494 e. The van der Waals surface area contributed by atoms with Crippen LogP contribution in [0.4, 0.5) is 0 Å². The van der Waals surface area contributed by atoms with Crippen molar-refractivity contribution in [2.75, 3.05) is 6.61 Å². The standard InChI is InChI=1S/C28H46O/c1-3-5-7-8-9-11-15-25-20-22-27(23-21-25)26(16-6-4-2)17-14-24-29-28-18-12-10-13-19-28/h10,12-13,18-19,22,25-26H,3-9,11,14-17,20-21,23-24H2,1-2H3. The van der Waals surface area contributed by atoms with Crippen LogP contribution < -0.4 is 4.74 Å². The molecule has 29 heavy (non-hydrogen) atoms. The fourth-order valence-electron chi connectivity index (χ4n) is 4.76. The van der Waals surface area contributed by atoms with E-state index in [4.69, 9.17) is 4.74 Å². The molecule has 1 heteroatoms. The van der Waals surface area contributed by atoms with E-state index in [0.29, 0.717) is 0 Å². The lowest BCUT2D eigenvalue weighted by atomic mass is 9.79. The lowest BCUT2D eigenvalue weighted by Gasteiger charge is -2.27. The normalized spacial score (nSPS) is 17.7. The summed E-state index contributed by atoms with van der Waals surface area (Å²) in [5.74, 6) is 2.76. The number of rotatable bonds is 16. The molecule has 1 aromatic rings. The quantitative estimate of drug-likeness (QED) is 0.199. The molecular weight excluding hydrogens is 352 g/mol. The summed E-state index contributed by atoms with van der Waals surface area (Å²) in [4.78, 5) is 0. The van der Waals surface area contributed by atoms with Crippen LogP contribution in [0.25, 0.3) is 0 Å². The Balaban J connectivity index is 1.68. The van der Waals surface area contributed by atoms with Gasteiger partial charge in [-0.1, -0.05) is 101 Å². The minimum absolute atomic E-state index is 0.796. The van der Waals surface area contributed by atoms with E-state index in [2.05, 4.69) is 32.1 Å². The topological polar surface area (TPSA) is 9.23 Å². The van der Waals surface area contributed by atoms with E-state index >= 15 is 0 Å². The number of benzene rings is 1. The van der Waals surface area contributed by atoms with E-state index in [1.807, 2.05) is 18.2 Å². The van der Waals surface area contributed by atoms with Gasteiger partial charge in [0.25, 0.3) is 0 Å². The second-order valence-corrected chi connectivity index (χ2v) is 9.12. The Labute approximate surface area is 181 Å². The molecule has 1 aliphatic carbocycles. The second-order valence-electron chi connectivity index (χ2n) is 9.12.